The van der Waals surface area contributed by atoms with Crippen molar-refractivity contribution in [3.63, 3.8) is 0 Å². The Labute approximate surface area is 133 Å². The van der Waals surface area contributed by atoms with E-state index in [4.69, 9.17) is 23.2 Å². The number of alkyl halides is 2. The summed E-state index contributed by atoms with van der Waals surface area (Å²) in [7, 11) is 0. The summed E-state index contributed by atoms with van der Waals surface area (Å²) in [5.41, 5.74) is 2.21. The fraction of sp³-hybridized carbons (Fsp3) is 0.111. The van der Waals surface area contributed by atoms with Crippen molar-refractivity contribution in [2.45, 2.75) is 10.5 Å². The number of fused-ring (bicyclic) bond motifs is 1. The zero-order chi connectivity index (χ0) is 14.4. The highest BCUT2D eigenvalue weighted by molar-refractivity contribution is 6.53. The van der Waals surface area contributed by atoms with Crippen molar-refractivity contribution < 1.29 is 0 Å². The molecule has 0 saturated carbocycles. The molecule has 1 heterocycles. The quantitative estimate of drug-likeness (QED) is 0.341. The third-order valence-corrected chi connectivity index (χ3v) is 4.76. The van der Waals surface area contributed by atoms with Crippen LogP contribution < -0.4 is 4.90 Å². The molecule has 0 spiro atoms. The molecule has 0 N–H and O–H groups in total. The maximum absolute atomic E-state index is 6.53. The molecule has 1 aliphatic heterocycles. The predicted molar refractivity (Wildman–Crippen MR) is 90.0 cm³/mol. The molecule has 1 saturated heterocycles. The van der Waals surface area contributed by atoms with E-state index >= 15 is 0 Å². The third-order valence-electron chi connectivity index (χ3n) is 3.98. The summed E-state index contributed by atoms with van der Waals surface area (Å²) in [6.45, 7) is 0. The summed E-state index contributed by atoms with van der Waals surface area (Å²) in [5, 5.41) is 2.36. The van der Waals surface area contributed by atoms with Crippen LogP contribution in [0.15, 0.2) is 72.8 Å². The second-order valence-electron chi connectivity index (χ2n) is 5.27. The van der Waals surface area contributed by atoms with Gasteiger partial charge >= 0.3 is 0 Å². The lowest BCUT2D eigenvalue weighted by molar-refractivity contribution is 1.10. The van der Waals surface area contributed by atoms with Crippen LogP contribution in [0.25, 0.3) is 10.8 Å². The molecule has 3 aromatic rings. The van der Waals surface area contributed by atoms with Crippen molar-refractivity contribution in [2.75, 3.05) is 4.90 Å². The topological polar surface area (TPSA) is 3.01 Å². The Bertz CT molecular complexity index is 793. The molecule has 1 fully saturated rings. The van der Waals surface area contributed by atoms with Gasteiger partial charge in [0.2, 0.25) is 4.46 Å². The molecule has 0 aromatic heterocycles. The van der Waals surface area contributed by atoms with Crippen molar-refractivity contribution >= 4 is 39.7 Å². The van der Waals surface area contributed by atoms with Gasteiger partial charge in [-0.3, -0.25) is 0 Å². The lowest BCUT2D eigenvalue weighted by atomic mass is 10.1. The van der Waals surface area contributed by atoms with Crippen LogP contribution in [0.5, 0.6) is 0 Å². The van der Waals surface area contributed by atoms with Gasteiger partial charge in [-0.2, -0.15) is 0 Å². The minimum absolute atomic E-state index is 0.00663. The first-order valence-corrected chi connectivity index (χ1v) is 7.65. The first-order valence-electron chi connectivity index (χ1n) is 6.89. The Morgan fingerprint density at radius 2 is 1.43 bits per heavy atom. The van der Waals surface area contributed by atoms with Crippen LogP contribution in [0.2, 0.25) is 0 Å². The summed E-state index contributed by atoms with van der Waals surface area (Å²) in [6, 6.07) is 24.7. The smallest absolute Gasteiger partial charge is 0.216 e. The van der Waals surface area contributed by atoms with E-state index in [1.165, 1.54) is 10.8 Å². The van der Waals surface area contributed by atoms with Gasteiger partial charge in [-0.25, -0.2) is 0 Å². The molecule has 1 nitrogen and oxygen atoms in total. The molecule has 1 atom stereocenters. The van der Waals surface area contributed by atoms with E-state index in [1.807, 2.05) is 36.4 Å². The van der Waals surface area contributed by atoms with E-state index in [0.29, 0.717) is 0 Å². The molecular formula is C18H13Cl2N. The standard InChI is InChI=1S/C18H13Cl2N/c19-18(20)17(14-8-2-1-3-9-14)21(18)16-12-6-10-13-7-4-5-11-15(13)16/h1-12,17H. The number of hydrogen-bond acceptors (Lipinski definition) is 1. The Kier molecular flexibility index (Phi) is 2.88. The van der Waals surface area contributed by atoms with E-state index in [1.54, 1.807) is 0 Å². The SMILES string of the molecule is ClC1(Cl)C(c2ccccc2)N1c1cccc2ccccc12. The Hall–Kier alpha value is -1.70. The van der Waals surface area contributed by atoms with Crippen molar-refractivity contribution in [3.8, 4) is 0 Å². The van der Waals surface area contributed by atoms with Gasteiger partial charge in [-0.05, 0) is 17.0 Å². The summed E-state index contributed by atoms with van der Waals surface area (Å²) in [5.74, 6) is 0. The highest BCUT2D eigenvalue weighted by atomic mass is 35.5. The minimum atomic E-state index is -0.883. The molecule has 3 heteroatoms. The van der Waals surface area contributed by atoms with Gasteiger partial charge in [-0.15, -0.1) is 0 Å². The number of nitrogens with zero attached hydrogens (tertiary/aromatic N) is 1. The van der Waals surface area contributed by atoms with E-state index in [0.717, 1.165) is 11.3 Å². The second-order valence-corrected chi connectivity index (χ2v) is 6.62. The lowest BCUT2D eigenvalue weighted by Crippen LogP contribution is -2.01. The van der Waals surface area contributed by atoms with Crippen LogP contribution >= 0.6 is 23.2 Å². The van der Waals surface area contributed by atoms with Gasteiger partial charge in [0.05, 0.1) is 0 Å². The van der Waals surface area contributed by atoms with Crippen molar-refractivity contribution in [1.29, 1.82) is 0 Å². The van der Waals surface area contributed by atoms with E-state index in [9.17, 15) is 0 Å². The first-order chi connectivity index (χ1) is 10.2. The van der Waals surface area contributed by atoms with Gasteiger partial charge in [0, 0.05) is 11.1 Å². The summed E-state index contributed by atoms with van der Waals surface area (Å²) >= 11 is 13.1. The number of benzene rings is 3. The average molecular weight is 314 g/mol. The van der Waals surface area contributed by atoms with Gasteiger partial charge in [-0.1, -0.05) is 89.9 Å². The minimum Gasteiger partial charge on any atom is -0.326 e. The van der Waals surface area contributed by atoms with Crippen LogP contribution in [-0.4, -0.2) is 4.46 Å². The first kappa shape index (κ1) is 13.0. The van der Waals surface area contributed by atoms with E-state index in [2.05, 4.69) is 41.3 Å². The molecule has 0 amide bonds. The molecule has 21 heavy (non-hydrogen) atoms. The molecule has 4 rings (SSSR count). The maximum atomic E-state index is 6.53. The highest BCUT2D eigenvalue weighted by Gasteiger charge is 2.62. The maximum Gasteiger partial charge on any atom is 0.216 e. The summed E-state index contributed by atoms with van der Waals surface area (Å²) in [6.07, 6.45) is 0. The van der Waals surface area contributed by atoms with Crippen LogP contribution in [0.4, 0.5) is 5.69 Å². The second kappa shape index (κ2) is 4.66. The van der Waals surface area contributed by atoms with Crippen LogP contribution in [-0.2, 0) is 0 Å². The Morgan fingerprint density at radius 1 is 0.762 bits per heavy atom. The zero-order valence-electron chi connectivity index (χ0n) is 11.2. The van der Waals surface area contributed by atoms with Gasteiger partial charge in [0.15, 0.2) is 0 Å². The average Bonchev–Trinajstić information content (AvgIpc) is 3.10. The fourth-order valence-electron chi connectivity index (χ4n) is 2.95. The van der Waals surface area contributed by atoms with Crippen LogP contribution in [0, 0.1) is 0 Å². The molecule has 104 valence electrons. The molecular weight excluding hydrogens is 301 g/mol. The largest absolute Gasteiger partial charge is 0.326 e. The number of rotatable bonds is 2. The lowest BCUT2D eigenvalue weighted by Gasteiger charge is -2.10. The third kappa shape index (κ3) is 2.00. The molecule has 3 aromatic carbocycles. The normalized spacial score (nSPS) is 19.7. The zero-order valence-corrected chi connectivity index (χ0v) is 12.7. The molecule has 0 radical (unpaired) electrons. The van der Waals surface area contributed by atoms with Crippen molar-refractivity contribution in [3.05, 3.63) is 78.4 Å². The Morgan fingerprint density at radius 3 is 2.24 bits per heavy atom. The summed E-state index contributed by atoms with van der Waals surface area (Å²) in [4.78, 5) is 2.06. The molecule has 1 aliphatic rings. The molecule has 1 unspecified atom stereocenters. The predicted octanol–water partition coefficient (Wildman–Crippen LogP) is 5.53. The summed E-state index contributed by atoms with van der Waals surface area (Å²) < 4.78 is -0.883. The van der Waals surface area contributed by atoms with E-state index < -0.39 is 4.46 Å². The molecule has 0 bridgehead atoms. The van der Waals surface area contributed by atoms with E-state index in [-0.39, 0.29) is 6.04 Å². The van der Waals surface area contributed by atoms with Gasteiger partial charge in [0.25, 0.3) is 0 Å². The fourth-order valence-corrected chi connectivity index (χ4v) is 3.67. The number of anilines is 1. The monoisotopic (exact) mass is 313 g/mol. The number of hydrogen-bond donors (Lipinski definition) is 0. The van der Waals surface area contributed by atoms with Gasteiger partial charge < -0.3 is 4.90 Å². The van der Waals surface area contributed by atoms with Crippen molar-refractivity contribution in [2.24, 2.45) is 0 Å². The van der Waals surface area contributed by atoms with Crippen LogP contribution in [0.1, 0.15) is 11.6 Å². The van der Waals surface area contributed by atoms with Crippen molar-refractivity contribution in [1.82, 2.24) is 0 Å². The highest BCUT2D eigenvalue weighted by Crippen LogP contribution is 2.62. The van der Waals surface area contributed by atoms with Crippen LogP contribution in [0.3, 0.4) is 0 Å². The Balaban J connectivity index is 1.83. The van der Waals surface area contributed by atoms with Gasteiger partial charge in [0.1, 0.15) is 6.04 Å². The number of halogens is 2. The molecule has 0 aliphatic carbocycles.